The predicted molar refractivity (Wildman–Crippen MR) is 98.5 cm³/mol. The number of rotatable bonds is 12. The van der Waals surface area contributed by atoms with Gasteiger partial charge in [0.15, 0.2) is 11.9 Å². The van der Waals surface area contributed by atoms with Crippen molar-refractivity contribution in [2.45, 2.75) is 57.3 Å². The van der Waals surface area contributed by atoms with Gasteiger partial charge >= 0.3 is 12.0 Å². The Morgan fingerprint density at radius 3 is 2.33 bits per heavy atom. The largest absolute Gasteiger partial charge is 0.480 e. The maximum atomic E-state index is 12.1. The summed E-state index contributed by atoms with van der Waals surface area (Å²) in [6.45, 7) is 2.45. The van der Waals surface area contributed by atoms with Gasteiger partial charge in [-0.3, -0.25) is 9.59 Å². The van der Waals surface area contributed by atoms with E-state index in [9.17, 15) is 29.4 Å². The molecule has 30 heavy (non-hydrogen) atoms. The Labute approximate surface area is 171 Å². The van der Waals surface area contributed by atoms with Gasteiger partial charge < -0.3 is 41.5 Å². The van der Waals surface area contributed by atoms with E-state index in [1.54, 1.807) is 6.92 Å². The summed E-state index contributed by atoms with van der Waals surface area (Å²) < 4.78 is 5.01. The molecule has 0 spiro atoms. The highest BCUT2D eigenvalue weighted by Gasteiger charge is 2.29. The number of aliphatic hydroxyl groups is 2. The zero-order valence-corrected chi connectivity index (χ0v) is 16.5. The summed E-state index contributed by atoms with van der Waals surface area (Å²) in [6.07, 6.45) is -1.05. The first-order valence-electron chi connectivity index (χ1n) is 9.08. The van der Waals surface area contributed by atoms with Crippen LogP contribution in [0.5, 0.6) is 0 Å². The summed E-state index contributed by atoms with van der Waals surface area (Å²) in [4.78, 5) is 50.2. The molecule has 0 saturated carbocycles. The van der Waals surface area contributed by atoms with Crippen LogP contribution in [0.15, 0.2) is 4.52 Å². The number of aliphatic hydroxyl groups excluding tert-OH is 2. The molecular formula is C16H26N6O8. The molecule has 0 bridgehead atoms. The number of carbonyl (C=O) groups excluding carboxylic acids is 3. The van der Waals surface area contributed by atoms with Crippen LogP contribution in [0.25, 0.3) is 0 Å². The van der Waals surface area contributed by atoms with E-state index in [0.717, 1.165) is 0 Å². The molecule has 4 atom stereocenters. The summed E-state index contributed by atoms with van der Waals surface area (Å²) in [5.74, 6) is -3.00. The molecule has 0 aromatic carbocycles. The van der Waals surface area contributed by atoms with E-state index in [4.69, 9.17) is 15.4 Å². The molecule has 0 fully saturated rings. The van der Waals surface area contributed by atoms with Crippen molar-refractivity contribution in [1.29, 1.82) is 0 Å². The Kier molecular flexibility index (Phi) is 9.64. The number of hydrogen-bond acceptors (Lipinski definition) is 9. The first-order valence-corrected chi connectivity index (χ1v) is 9.08. The molecule has 0 radical (unpaired) electrons. The minimum Gasteiger partial charge on any atom is -0.480 e. The number of aliphatic carboxylic acids is 1. The van der Waals surface area contributed by atoms with Crippen molar-refractivity contribution in [3.63, 3.8) is 0 Å². The smallest absolute Gasteiger partial charge is 0.328 e. The van der Waals surface area contributed by atoms with Crippen LogP contribution in [0.3, 0.4) is 0 Å². The van der Waals surface area contributed by atoms with E-state index in [-0.39, 0.29) is 24.0 Å². The average Bonchev–Trinajstić information content (AvgIpc) is 3.13. The molecule has 1 aromatic rings. The van der Waals surface area contributed by atoms with Crippen LogP contribution in [0.2, 0.25) is 0 Å². The van der Waals surface area contributed by atoms with Crippen molar-refractivity contribution >= 4 is 23.8 Å². The number of hydrogen-bond donors (Lipinski definition) is 7. The summed E-state index contributed by atoms with van der Waals surface area (Å²) in [7, 11) is 0. The number of nitrogens with zero attached hydrogens (tertiary/aromatic N) is 2. The third kappa shape index (κ3) is 7.63. The van der Waals surface area contributed by atoms with Crippen molar-refractivity contribution in [3.05, 3.63) is 11.7 Å². The van der Waals surface area contributed by atoms with Gasteiger partial charge in [0.1, 0.15) is 12.1 Å². The van der Waals surface area contributed by atoms with E-state index in [1.165, 1.54) is 6.92 Å². The van der Waals surface area contributed by atoms with Crippen LogP contribution in [0.4, 0.5) is 4.79 Å². The normalized spacial score (nSPS) is 14.8. The fourth-order valence-electron chi connectivity index (χ4n) is 2.35. The van der Waals surface area contributed by atoms with Crippen molar-refractivity contribution < 1.29 is 39.0 Å². The summed E-state index contributed by atoms with van der Waals surface area (Å²) in [5.41, 5.74) is 5.16. The molecule has 8 N–H and O–H groups in total. The van der Waals surface area contributed by atoms with Gasteiger partial charge in [0.05, 0.1) is 19.1 Å². The van der Waals surface area contributed by atoms with Gasteiger partial charge in [-0.05, 0) is 13.3 Å². The van der Waals surface area contributed by atoms with E-state index >= 15 is 0 Å². The lowest BCUT2D eigenvalue weighted by Gasteiger charge is -2.19. The van der Waals surface area contributed by atoms with Crippen LogP contribution in [-0.4, -0.2) is 68.0 Å². The number of carboxylic acids is 1. The SMILES string of the molecule is CCCC(=O)N[C@@H](CO)c1noc([C@H](CC(N)=O)NC(=O)N[C@H](C(=O)O)[C@@H](C)O)n1. The van der Waals surface area contributed by atoms with Gasteiger partial charge in [0, 0.05) is 6.42 Å². The lowest BCUT2D eigenvalue weighted by molar-refractivity contribution is -0.141. The quantitative estimate of drug-likeness (QED) is 0.194. The summed E-state index contributed by atoms with van der Waals surface area (Å²) in [5, 5.41) is 38.4. The van der Waals surface area contributed by atoms with Crippen LogP contribution in [0, 0.1) is 0 Å². The van der Waals surface area contributed by atoms with Crippen LogP contribution in [-0.2, 0) is 14.4 Å². The first kappa shape index (κ1) is 24.8. The minimum atomic E-state index is -1.61. The highest BCUT2D eigenvalue weighted by atomic mass is 16.5. The predicted octanol–water partition coefficient (Wildman–Crippen LogP) is -1.93. The number of carboxylic acid groups (broad SMARTS) is 1. The Balaban J connectivity index is 2.96. The van der Waals surface area contributed by atoms with Crippen LogP contribution >= 0.6 is 0 Å². The molecular weight excluding hydrogens is 404 g/mol. The molecule has 1 heterocycles. The second-order valence-corrected chi connectivity index (χ2v) is 6.44. The van der Waals surface area contributed by atoms with Crippen molar-refractivity contribution in [2.75, 3.05) is 6.61 Å². The zero-order chi connectivity index (χ0) is 22.8. The maximum Gasteiger partial charge on any atom is 0.328 e. The third-order valence-corrected chi connectivity index (χ3v) is 3.81. The molecule has 0 aliphatic rings. The van der Waals surface area contributed by atoms with Crippen LogP contribution < -0.4 is 21.7 Å². The second kappa shape index (κ2) is 11.7. The van der Waals surface area contributed by atoms with Gasteiger partial charge in [-0.1, -0.05) is 12.1 Å². The monoisotopic (exact) mass is 430 g/mol. The Morgan fingerprint density at radius 1 is 1.17 bits per heavy atom. The molecule has 0 saturated heterocycles. The summed E-state index contributed by atoms with van der Waals surface area (Å²) in [6, 6.07) is -4.84. The molecule has 0 aliphatic heterocycles. The Hall–Kier alpha value is -3.26. The molecule has 14 heteroatoms. The van der Waals surface area contributed by atoms with Crippen LogP contribution in [0.1, 0.15) is 56.9 Å². The molecule has 1 aromatic heterocycles. The number of nitrogens with two attached hydrogens (primary N) is 1. The lowest BCUT2D eigenvalue weighted by atomic mass is 10.2. The van der Waals surface area contributed by atoms with Gasteiger partial charge in [-0.2, -0.15) is 4.98 Å². The first-order chi connectivity index (χ1) is 14.1. The van der Waals surface area contributed by atoms with E-state index in [0.29, 0.717) is 6.42 Å². The molecule has 14 nitrogen and oxygen atoms in total. The van der Waals surface area contributed by atoms with E-state index < -0.39 is 55.2 Å². The second-order valence-electron chi connectivity index (χ2n) is 6.44. The third-order valence-electron chi connectivity index (χ3n) is 3.81. The highest BCUT2D eigenvalue weighted by Crippen LogP contribution is 2.17. The number of carbonyl (C=O) groups is 4. The van der Waals surface area contributed by atoms with Crippen molar-refractivity contribution in [3.8, 4) is 0 Å². The number of amides is 4. The average molecular weight is 430 g/mol. The molecule has 168 valence electrons. The van der Waals surface area contributed by atoms with Crippen molar-refractivity contribution in [2.24, 2.45) is 5.73 Å². The number of nitrogens with one attached hydrogen (secondary N) is 3. The fraction of sp³-hybridized carbons (Fsp3) is 0.625. The minimum absolute atomic E-state index is 0.0963. The Morgan fingerprint density at radius 2 is 1.83 bits per heavy atom. The van der Waals surface area contributed by atoms with E-state index in [1.807, 2.05) is 5.32 Å². The molecule has 0 unspecified atom stereocenters. The molecule has 0 aliphatic carbocycles. The highest BCUT2D eigenvalue weighted by molar-refractivity contribution is 5.83. The molecule has 1 rings (SSSR count). The molecule has 4 amide bonds. The summed E-state index contributed by atoms with van der Waals surface area (Å²) >= 11 is 0. The number of primary amides is 1. The lowest BCUT2D eigenvalue weighted by Crippen LogP contribution is -2.52. The number of urea groups is 1. The van der Waals surface area contributed by atoms with Gasteiger partial charge in [0.25, 0.3) is 0 Å². The Bertz CT molecular complexity index is 752. The zero-order valence-electron chi connectivity index (χ0n) is 16.5. The standard InChI is InChI=1S/C16H26N6O8/c1-3-4-11(26)18-9(6-23)13-21-14(30-22-13)8(5-10(17)25)19-16(29)20-12(7(2)24)15(27)28/h7-9,12,23-24H,3-6H2,1-2H3,(H2,17,25)(H,18,26)(H,27,28)(H2,19,20,29)/t7-,8+,9+,12+/m1/s1. The van der Waals surface area contributed by atoms with Gasteiger partial charge in [0.2, 0.25) is 17.7 Å². The maximum absolute atomic E-state index is 12.1. The fourth-order valence-corrected chi connectivity index (χ4v) is 2.35. The topological polar surface area (TPSA) is 230 Å². The van der Waals surface area contributed by atoms with Crippen molar-refractivity contribution in [1.82, 2.24) is 26.1 Å². The van der Waals surface area contributed by atoms with Gasteiger partial charge in [-0.25, -0.2) is 9.59 Å². The van der Waals surface area contributed by atoms with E-state index in [2.05, 4.69) is 20.8 Å². The number of aromatic nitrogens is 2. The van der Waals surface area contributed by atoms with Gasteiger partial charge in [-0.15, -0.1) is 0 Å².